The monoisotopic (exact) mass is 275 g/mol. The van der Waals surface area contributed by atoms with Gasteiger partial charge >= 0.3 is 0 Å². The van der Waals surface area contributed by atoms with Crippen molar-refractivity contribution in [2.75, 3.05) is 7.11 Å². The minimum atomic E-state index is 0.0419. The number of rotatable bonds is 2. The first-order valence-electron chi connectivity index (χ1n) is 5.61. The highest BCUT2D eigenvalue weighted by Crippen LogP contribution is 2.32. The van der Waals surface area contributed by atoms with Gasteiger partial charge < -0.3 is 14.3 Å². The number of ether oxygens (including phenoxy) is 1. The van der Waals surface area contributed by atoms with Crippen LogP contribution in [0.5, 0.6) is 11.5 Å². The highest BCUT2D eigenvalue weighted by Gasteiger charge is 2.11. The number of nitrogens with zero attached hydrogens (tertiary/aromatic N) is 1. The molecule has 0 saturated carbocycles. The number of phenols is 1. The summed E-state index contributed by atoms with van der Waals surface area (Å²) in [6.45, 7) is 0. The van der Waals surface area contributed by atoms with E-state index in [-0.39, 0.29) is 5.75 Å². The lowest BCUT2D eigenvalue weighted by Gasteiger charge is -2.03. The molecule has 0 amide bonds. The molecule has 0 atom stereocenters. The largest absolute Gasteiger partial charge is 0.504 e. The summed E-state index contributed by atoms with van der Waals surface area (Å²) in [5.74, 6) is 0.874. The smallest absolute Gasteiger partial charge is 0.227 e. The fourth-order valence-corrected chi connectivity index (χ4v) is 2.01. The molecule has 3 aromatic rings. The van der Waals surface area contributed by atoms with Crippen molar-refractivity contribution in [2.45, 2.75) is 0 Å². The number of phenolic OH excluding ortho intramolecular Hbond substituents is 1. The molecule has 96 valence electrons. The van der Waals surface area contributed by atoms with Crippen molar-refractivity contribution in [1.82, 2.24) is 4.98 Å². The topological polar surface area (TPSA) is 55.5 Å². The van der Waals surface area contributed by atoms with Gasteiger partial charge in [-0.25, -0.2) is 4.98 Å². The Morgan fingerprint density at radius 2 is 2.05 bits per heavy atom. The van der Waals surface area contributed by atoms with Gasteiger partial charge in [0.05, 0.1) is 7.11 Å². The number of benzene rings is 2. The zero-order chi connectivity index (χ0) is 13.4. The average Bonchev–Trinajstić information content (AvgIpc) is 2.81. The standard InChI is InChI=1S/C14H10ClNO3/c1-18-13-4-2-8(6-11(13)17)14-16-10-7-9(15)3-5-12(10)19-14/h2-7,17H,1H3. The van der Waals surface area contributed by atoms with Crippen LogP contribution in [0.4, 0.5) is 0 Å². The fourth-order valence-electron chi connectivity index (χ4n) is 1.85. The lowest BCUT2D eigenvalue weighted by Crippen LogP contribution is -1.84. The molecule has 0 aliphatic rings. The molecular formula is C14H10ClNO3. The van der Waals surface area contributed by atoms with E-state index in [1.54, 1.807) is 36.4 Å². The molecule has 0 saturated heterocycles. The molecule has 4 nitrogen and oxygen atoms in total. The second-order valence-electron chi connectivity index (χ2n) is 4.02. The molecule has 0 aliphatic carbocycles. The van der Waals surface area contributed by atoms with E-state index in [0.29, 0.717) is 33.3 Å². The van der Waals surface area contributed by atoms with E-state index in [9.17, 15) is 5.11 Å². The molecule has 2 aromatic carbocycles. The second kappa shape index (κ2) is 4.48. The lowest BCUT2D eigenvalue weighted by atomic mass is 10.2. The van der Waals surface area contributed by atoms with Crippen LogP contribution in [0.25, 0.3) is 22.6 Å². The maximum absolute atomic E-state index is 9.76. The molecule has 0 fully saturated rings. The van der Waals surface area contributed by atoms with Gasteiger partial charge in [-0.1, -0.05) is 11.6 Å². The van der Waals surface area contributed by atoms with Gasteiger partial charge in [0.2, 0.25) is 5.89 Å². The van der Waals surface area contributed by atoms with Gasteiger partial charge in [-0.05, 0) is 36.4 Å². The predicted molar refractivity (Wildman–Crippen MR) is 72.7 cm³/mol. The first-order chi connectivity index (χ1) is 9.17. The third kappa shape index (κ3) is 2.11. The van der Waals surface area contributed by atoms with Crippen molar-refractivity contribution in [3.63, 3.8) is 0 Å². The Labute approximate surface area is 114 Å². The molecule has 0 bridgehead atoms. The van der Waals surface area contributed by atoms with E-state index in [1.165, 1.54) is 7.11 Å². The van der Waals surface area contributed by atoms with Gasteiger partial charge in [0, 0.05) is 10.6 Å². The molecule has 0 spiro atoms. The van der Waals surface area contributed by atoms with E-state index in [2.05, 4.69) is 4.98 Å². The number of hydrogen-bond acceptors (Lipinski definition) is 4. The van der Waals surface area contributed by atoms with Crippen molar-refractivity contribution in [2.24, 2.45) is 0 Å². The minimum absolute atomic E-state index is 0.0419. The number of halogens is 1. The highest BCUT2D eigenvalue weighted by atomic mass is 35.5. The quantitative estimate of drug-likeness (QED) is 0.771. The number of aromatic nitrogens is 1. The summed E-state index contributed by atoms with van der Waals surface area (Å²) in [4.78, 5) is 4.34. The number of methoxy groups -OCH3 is 1. The molecule has 3 rings (SSSR count). The zero-order valence-corrected chi connectivity index (χ0v) is 10.8. The number of aromatic hydroxyl groups is 1. The Bertz CT molecular complexity index is 752. The maximum atomic E-state index is 9.76. The second-order valence-corrected chi connectivity index (χ2v) is 4.45. The Kier molecular flexibility index (Phi) is 2.80. The van der Waals surface area contributed by atoms with E-state index in [0.717, 1.165) is 0 Å². The van der Waals surface area contributed by atoms with Crippen LogP contribution in [0, 0.1) is 0 Å². The third-order valence-electron chi connectivity index (χ3n) is 2.78. The molecule has 0 aliphatic heterocycles. The molecular weight excluding hydrogens is 266 g/mol. The molecule has 1 aromatic heterocycles. The Morgan fingerprint density at radius 3 is 2.79 bits per heavy atom. The molecule has 0 unspecified atom stereocenters. The Morgan fingerprint density at radius 1 is 1.21 bits per heavy atom. The lowest BCUT2D eigenvalue weighted by molar-refractivity contribution is 0.373. The van der Waals surface area contributed by atoms with E-state index in [1.807, 2.05) is 0 Å². The van der Waals surface area contributed by atoms with E-state index >= 15 is 0 Å². The van der Waals surface area contributed by atoms with Gasteiger partial charge in [0.15, 0.2) is 17.1 Å². The maximum Gasteiger partial charge on any atom is 0.227 e. The molecule has 5 heteroatoms. The molecule has 19 heavy (non-hydrogen) atoms. The minimum Gasteiger partial charge on any atom is -0.504 e. The highest BCUT2D eigenvalue weighted by molar-refractivity contribution is 6.31. The van der Waals surface area contributed by atoms with Crippen molar-refractivity contribution < 1.29 is 14.3 Å². The van der Waals surface area contributed by atoms with Crippen LogP contribution in [0.2, 0.25) is 5.02 Å². The van der Waals surface area contributed by atoms with Crippen molar-refractivity contribution in [3.05, 3.63) is 41.4 Å². The van der Waals surface area contributed by atoms with Crippen molar-refractivity contribution >= 4 is 22.7 Å². The molecule has 1 N–H and O–H groups in total. The average molecular weight is 276 g/mol. The summed E-state index contributed by atoms with van der Waals surface area (Å²) >= 11 is 5.90. The van der Waals surface area contributed by atoms with Gasteiger partial charge in [-0.2, -0.15) is 0 Å². The zero-order valence-electron chi connectivity index (χ0n) is 10.1. The Hall–Kier alpha value is -2.20. The molecule has 0 radical (unpaired) electrons. The number of fused-ring (bicyclic) bond motifs is 1. The van der Waals surface area contributed by atoms with Gasteiger partial charge in [-0.15, -0.1) is 0 Å². The normalized spacial score (nSPS) is 10.8. The van der Waals surface area contributed by atoms with Crippen LogP contribution in [0.3, 0.4) is 0 Å². The van der Waals surface area contributed by atoms with Crippen LogP contribution in [-0.4, -0.2) is 17.2 Å². The fraction of sp³-hybridized carbons (Fsp3) is 0.0714. The first-order valence-corrected chi connectivity index (χ1v) is 5.98. The van der Waals surface area contributed by atoms with Crippen LogP contribution in [-0.2, 0) is 0 Å². The summed E-state index contributed by atoms with van der Waals surface area (Å²) in [5.41, 5.74) is 2.00. The van der Waals surface area contributed by atoms with Crippen LogP contribution < -0.4 is 4.74 Å². The van der Waals surface area contributed by atoms with Crippen LogP contribution in [0.15, 0.2) is 40.8 Å². The van der Waals surface area contributed by atoms with E-state index < -0.39 is 0 Å². The summed E-state index contributed by atoms with van der Waals surface area (Å²) in [7, 11) is 1.50. The number of hydrogen-bond donors (Lipinski definition) is 1. The summed E-state index contributed by atoms with van der Waals surface area (Å²) in [6, 6.07) is 10.2. The van der Waals surface area contributed by atoms with Crippen molar-refractivity contribution in [1.29, 1.82) is 0 Å². The first kappa shape index (κ1) is 11.9. The van der Waals surface area contributed by atoms with Crippen LogP contribution in [0.1, 0.15) is 0 Å². The summed E-state index contributed by atoms with van der Waals surface area (Å²) in [5, 5.41) is 10.4. The summed E-state index contributed by atoms with van der Waals surface area (Å²) in [6.07, 6.45) is 0. The Balaban J connectivity index is 2.11. The van der Waals surface area contributed by atoms with Crippen LogP contribution >= 0.6 is 11.6 Å². The number of oxazole rings is 1. The van der Waals surface area contributed by atoms with Gasteiger partial charge in [0.1, 0.15) is 5.52 Å². The third-order valence-corrected chi connectivity index (χ3v) is 3.01. The molecule has 1 heterocycles. The van der Waals surface area contributed by atoms with Gasteiger partial charge in [-0.3, -0.25) is 0 Å². The summed E-state index contributed by atoms with van der Waals surface area (Å²) < 4.78 is 10.6. The van der Waals surface area contributed by atoms with Crippen molar-refractivity contribution in [3.8, 4) is 23.0 Å². The SMILES string of the molecule is COc1ccc(-c2nc3cc(Cl)ccc3o2)cc1O. The van der Waals surface area contributed by atoms with E-state index in [4.69, 9.17) is 20.8 Å². The van der Waals surface area contributed by atoms with Gasteiger partial charge in [0.25, 0.3) is 0 Å². The predicted octanol–water partition coefficient (Wildman–Crippen LogP) is 3.86.